The fourth-order valence-corrected chi connectivity index (χ4v) is 3.59. The molecule has 0 saturated carbocycles. The zero-order valence-corrected chi connectivity index (χ0v) is 15.8. The molecule has 7 nitrogen and oxygen atoms in total. The number of rotatable bonds is 7. The summed E-state index contributed by atoms with van der Waals surface area (Å²) in [7, 11) is -2.19. The van der Waals surface area contributed by atoms with Gasteiger partial charge in [0.2, 0.25) is 10.0 Å². The first-order valence-corrected chi connectivity index (χ1v) is 9.53. The van der Waals surface area contributed by atoms with Crippen LogP contribution >= 0.6 is 0 Å². The fraction of sp³-hybridized carbons (Fsp3) is 0.278. The molecule has 2 aromatic carbocycles. The Hall–Kier alpha value is -2.42. The van der Waals surface area contributed by atoms with E-state index in [-0.39, 0.29) is 11.4 Å². The minimum absolute atomic E-state index is 0.0528. The van der Waals surface area contributed by atoms with Crippen molar-refractivity contribution in [2.45, 2.75) is 25.3 Å². The van der Waals surface area contributed by atoms with Gasteiger partial charge in [0, 0.05) is 24.7 Å². The minimum Gasteiger partial charge on any atom is -0.494 e. The normalized spacial score (nSPS) is 11.4. The maximum absolute atomic E-state index is 12.8. The van der Waals surface area contributed by atoms with Crippen LogP contribution in [0.25, 0.3) is 0 Å². The highest BCUT2D eigenvalue weighted by Gasteiger charge is 2.22. The average molecular weight is 377 g/mol. The number of nitrogens with one attached hydrogen (secondary N) is 1. The highest BCUT2D eigenvalue weighted by molar-refractivity contribution is 7.89. The van der Waals surface area contributed by atoms with Crippen LogP contribution in [0, 0.1) is 6.92 Å². The SMILES string of the molecule is CCOc1ccc(C(=O)NN)cc1CN(C)S(=O)(=O)c1ccc(C)cc1. The molecule has 0 aliphatic rings. The summed E-state index contributed by atoms with van der Waals surface area (Å²) in [5.74, 6) is 5.23. The molecular weight excluding hydrogens is 354 g/mol. The summed E-state index contributed by atoms with van der Waals surface area (Å²) in [6.45, 7) is 4.20. The molecule has 2 rings (SSSR count). The predicted molar refractivity (Wildman–Crippen MR) is 99.1 cm³/mol. The smallest absolute Gasteiger partial charge is 0.265 e. The molecular formula is C18H23N3O4S. The molecule has 140 valence electrons. The lowest BCUT2D eigenvalue weighted by Gasteiger charge is -2.20. The molecule has 3 N–H and O–H groups in total. The lowest BCUT2D eigenvalue weighted by molar-refractivity contribution is 0.0953. The number of aryl methyl sites for hydroxylation is 1. The van der Waals surface area contributed by atoms with E-state index in [9.17, 15) is 13.2 Å². The third kappa shape index (κ3) is 4.40. The van der Waals surface area contributed by atoms with E-state index < -0.39 is 15.9 Å². The van der Waals surface area contributed by atoms with Crippen LogP contribution in [0.3, 0.4) is 0 Å². The zero-order chi connectivity index (χ0) is 19.3. The molecule has 0 atom stereocenters. The van der Waals surface area contributed by atoms with E-state index >= 15 is 0 Å². The number of amides is 1. The van der Waals surface area contributed by atoms with Gasteiger partial charge in [0.15, 0.2) is 0 Å². The van der Waals surface area contributed by atoms with Gasteiger partial charge in [0.25, 0.3) is 5.91 Å². The van der Waals surface area contributed by atoms with E-state index in [1.807, 2.05) is 13.8 Å². The van der Waals surface area contributed by atoms with Gasteiger partial charge in [-0.25, -0.2) is 14.3 Å². The van der Waals surface area contributed by atoms with Crippen LogP contribution in [0.4, 0.5) is 0 Å². The van der Waals surface area contributed by atoms with Crippen molar-refractivity contribution in [2.24, 2.45) is 5.84 Å². The molecule has 1 amide bonds. The highest BCUT2D eigenvalue weighted by atomic mass is 32.2. The van der Waals surface area contributed by atoms with E-state index in [0.29, 0.717) is 23.5 Å². The van der Waals surface area contributed by atoms with Gasteiger partial charge in [-0.2, -0.15) is 4.31 Å². The van der Waals surface area contributed by atoms with Gasteiger partial charge < -0.3 is 4.74 Å². The molecule has 0 aliphatic heterocycles. The Morgan fingerprint density at radius 1 is 1.19 bits per heavy atom. The summed E-state index contributed by atoms with van der Waals surface area (Å²) in [5.41, 5.74) is 3.94. The number of hydrazine groups is 1. The number of hydrogen-bond acceptors (Lipinski definition) is 5. The van der Waals surface area contributed by atoms with Crippen LogP contribution in [0.5, 0.6) is 5.75 Å². The second-order valence-electron chi connectivity index (χ2n) is 5.80. The Bertz CT molecular complexity index is 880. The van der Waals surface area contributed by atoms with Crippen LogP contribution in [-0.4, -0.2) is 32.3 Å². The Labute approximate surface area is 153 Å². The summed E-state index contributed by atoms with van der Waals surface area (Å²) >= 11 is 0. The third-order valence-electron chi connectivity index (χ3n) is 3.88. The summed E-state index contributed by atoms with van der Waals surface area (Å²) in [6, 6.07) is 11.4. The molecule has 0 bridgehead atoms. The summed E-state index contributed by atoms with van der Waals surface area (Å²) in [5, 5.41) is 0. The lowest BCUT2D eigenvalue weighted by Crippen LogP contribution is -2.30. The number of benzene rings is 2. The second kappa shape index (κ2) is 8.31. The number of carbonyl (C=O) groups is 1. The van der Waals surface area contributed by atoms with Gasteiger partial charge >= 0.3 is 0 Å². The monoisotopic (exact) mass is 377 g/mol. The number of carbonyl (C=O) groups excluding carboxylic acids is 1. The first kappa shape index (κ1) is 19.9. The summed E-state index contributed by atoms with van der Waals surface area (Å²) in [4.78, 5) is 12.0. The highest BCUT2D eigenvalue weighted by Crippen LogP contribution is 2.24. The van der Waals surface area contributed by atoms with Gasteiger partial charge in [0.05, 0.1) is 11.5 Å². The molecule has 0 fully saturated rings. The van der Waals surface area contributed by atoms with Gasteiger partial charge in [-0.1, -0.05) is 17.7 Å². The van der Waals surface area contributed by atoms with Crippen molar-refractivity contribution < 1.29 is 17.9 Å². The van der Waals surface area contributed by atoms with Gasteiger partial charge in [0.1, 0.15) is 5.75 Å². The van der Waals surface area contributed by atoms with E-state index in [0.717, 1.165) is 5.56 Å². The van der Waals surface area contributed by atoms with Crippen LogP contribution in [0.15, 0.2) is 47.4 Å². The number of nitrogens with two attached hydrogens (primary N) is 1. The number of nitrogen functional groups attached to an aromatic ring is 1. The molecule has 0 saturated heterocycles. The standard InChI is InChI=1S/C18H23N3O4S/c1-4-25-17-10-7-14(18(22)20-19)11-15(17)12-21(3)26(23,24)16-8-5-13(2)6-9-16/h5-11H,4,12,19H2,1-3H3,(H,20,22). The topological polar surface area (TPSA) is 102 Å². The van der Waals surface area contributed by atoms with Gasteiger partial charge in [-0.3, -0.25) is 10.2 Å². The minimum atomic E-state index is -3.67. The maximum Gasteiger partial charge on any atom is 0.265 e. The largest absolute Gasteiger partial charge is 0.494 e. The average Bonchev–Trinajstić information content (AvgIpc) is 2.62. The quantitative estimate of drug-likeness (QED) is 0.435. The fourth-order valence-electron chi connectivity index (χ4n) is 2.44. The van der Waals surface area contributed by atoms with Gasteiger partial charge in [-0.15, -0.1) is 0 Å². The van der Waals surface area contributed by atoms with E-state index in [4.69, 9.17) is 10.6 Å². The number of ether oxygens (including phenoxy) is 1. The van der Waals surface area contributed by atoms with E-state index in [2.05, 4.69) is 5.43 Å². The Balaban J connectivity index is 2.35. The van der Waals surface area contributed by atoms with E-state index in [1.54, 1.807) is 42.5 Å². The van der Waals surface area contributed by atoms with Crippen LogP contribution < -0.4 is 16.0 Å². The van der Waals surface area contributed by atoms with Crippen LogP contribution in [0.2, 0.25) is 0 Å². The van der Waals surface area contributed by atoms with Crippen molar-refractivity contribution in [1.82, 2.24) is 9.73 Å². The summed E-state index contributed by atoms with van der Waals surface area (Å²) in [6.07, 6.45) is 0. The molecule has 0 heterocycles. The lowest BCUT2D eigenvalue weighted by atomic mass is 10.1. The number of hydrogen-bond donors (Lipinski definition) is 2. The van der Waals surface area contributed by atoms with Crippen LogP contribution in [-0.2, 0) is 16.6 Å². The maximum atomic E-state index is 12.8. The Morgan fingerprint density at radius 3 is 2.42 bits per heavy atom. The molecule has 26 heavy (non-hydrogen) atoms. The van der Waals surface area contributed by atoms with Crippen molar-refractivity contribution in [3.05, 3.63) is 59.2 Å². The van der Waals surface area contributed by atoms with Crippen LogP contribution in [0.1, 0.15) is 28.4 Å². The molecule has 2 aromatic rings. The van der Waals surface area contributed by atoms with E-state index in [1.165, 1.54) is 11.4 Å². The third-order valence-corrected chi connectivity index (χ3v) is 5.69. The zero-order valence-electron chi connectivity index (χ0n) is 15.0. The second-order valence-corrected chi connectivity index (χ2v) is 7.85. The first-order valence-electron chi connectivity index (χ1n) is 8.09. The van der Waals surface area contributed by atoms with Crippen molar-refractivity contribution in [3.63, 3.8) is 0 Å². The molecule has 0 aliphatic carbocycles. The molecule has 0 aromatic heterocycles. The Kier molecular flexibility index (Phi) is 6.36. The van der Waals surface area contributed by atoms with Crippen molar-refractivity contribution >= 4 is 15.9 Å². The molecule has 0 unspecified atom stereocenters. The molecule has 8 heteroatoms. The molecule has 0 spiro atoms. The van der Waals surface area contributed by atoms with Gasteiger partial charge in [-0.05, 0) is 44.2 Å². The molecule has 0 radical (unpaired) electrons. The van der Waals surface area contributed by atoms with Crippen molar-refractivity contribution in [2.75, 3.05) is 13.7 Å². The van der Waals surface area contributed by atoms with Crippen molar-refractivity contribution in [1.29, 1.82) is 0 Å². The number of nitrogens with zero attached hydrogens (tertiary/aromatic N) is 1. The predicted octanol–water partition coefficient (Wildman–Crippen LogP) is 1.82. The van der Waals surface area contributed by atoms with Crippen molar-refractivity contribution in [3.8, 4) is 5.75 Å². The summed E-state index contributed by atoms with van der Waals surface area (Å²) < 4.78 is 32.3. The first-order chi connectivity index (χ1) is 12.3. The Morgan fingerprint density at radius 2 is 1.85 bits per heavy atom. The number of sulfonamides is 1.